The van der Waals surface area contributed by atoms with E-state index >= 15 is 0 Å². The molecule has 4 nitrogen and oxygen atoms in total. The van der Waals surface area contributed by atoms with Crippen LogP contribution in [0.5, 0.6) is 0 Å². The predicted molar refractivity (Wildman–Crippen MR) is 109 cm³/mol. The summed E-state index contributed by atoms with van der Waals surface area (Å²) < 4.78 is 4.53. The highest BCUT2D eigenvalue weighted by Crippen LogP contribution is 2.23. The van der Waals surface area contributed by atoms with Crippen molar-refractivity contribution >= 4 is 35.4 Å². The molecule has 2 aromatic carbocycles. The molecule has 0 saturated heterocycles. The third-order valence-corrected chi connectivity index (χ3v) is 5.37. The number of aromatic nitrogens is 3. The Kier molecular flexibility index (Phi) is 6.14. The molecule has 0 spiro atoms. The Morgan fingerprint density at radius 2 is 1.77 bits per heavy atom. The number of rotatable bonds is 6. The van der Waals surface area contributed by atoms with Gasteiger partial charge in [0.1, 0.15) is 5.82 Å². The van der Waals surface area contributed by atoms with Crippen LogP contribution in [0.15, 0.2) is 48.5 Å². The Hall–Kier alpha value is -1.66. The average molecular weight is 407 g/mol. The first-order valence-corrected chi connectivity index (χ1v) is 9.39. The highest BCUT2D eigenvalue weighted by molar-refractivity contribution is 7.71. The monoisotopic (exact) mass is 406 g/mol. The van der Waals surface area contributed by atoms with Gasteiger partial charge in [0, 0.05) is 20.0 Å². The molecule has 0 aliphatic carbocycles. The van der Waals surface area contributed by atoms with E-state index in [2.05, 4.69) is 17.0 Å². The highest BCUT2D eigenvalue weighted by Gasteiger charge is 2.11. The zero-order valence-corrected chi connectivity index (χ0v) is 17.0. The minimum atomic E-state index is 0.565. The summed E-state index contributed by atoms with van der Waals surface area (Å²) >= 11 is 17.6. The number of hydrogen-bond donors (Lipinski definition) is 0. The van der Waals surface area contributed by atoms with E-state index < -0.39 is 0 Å². The van der Waals surface area contributed by atoms with Gasteiger partial charge in [-0.3, -0.25) is 4.90 Å². The summed E-state index contributed by atoms with van der Waals surface area (Å²) in [6.45, 7) is 1.32. The Labute approximate surface area is 168 Å². The second-order valence-corrected chi connectivity index (χ2v) is 7.50. The standard InChI is InChI=1S/C19H20Cl2N4S/c1-23(12-15-8-9-16(20)17(21)10-15)13-25-19(26)24(2)18(22-25)11-14-6-4-3-5-7-14/h3-10H,11-13H2,1-2H3. The van der Waals surface area contributed by atoms with Gasteiger partial charge in [-0.2, -0.15) is 5.10 Å². The Morgan fingerprint density at radius 3 is 2.46 bits per heavy atom. The van der Waals surface area contributed by atoms with Gasteiger partial charge in [-0.15, -0.1) is 0 Å². The van der Waals surface area contributed by atoms with E-state index in [0.29, 0.717) is 21.5 Å². The first-order chi connectivity index (χ1) is 12.4. The van der Waals surface area contributed by atoms with Gasteiger partial charge in [0.25, 0.3) is 0 Å². The molecule has 0 N–H and O–H groups in total. The van der Waals surface area contributed by atoms with Crippen molar-refractivity contribution in [2.45, 2.75) is 19.6 Å². The van der Waals surface area contributed by atoms with Crippen LogP contribution < -0.4 is 0 Å². The van der Waals surface area contributed by atoms with Crippen LogP contribution in [0.4, 0.5) is 0 Å². The minimum absolute atomic E-state index is 0.565. The lowest BCUT2D eigenvalue weighted by Gasteiger charge is -2.16. The molecule has 0 aliphatic rings. The van der Waals surface area contributed by atoms with Crippen molar-refractivity contribution in [3.63, 3.8) is 0 Å². The van der Waals surface area contributed by atoms with Gasteiger partial charge >= 0.3 is 0 Å². The van der Waals surface area contributed by atoms with Gasteiger partial charge in [0.15, 0.2) is 4.77 Å². The fourth-order valence-corrected chi connectivity index (χ4v) is 3.31. The third-order valence-electron chi connectivity index (χ3n) is 4.15. The lowest BCUT2D eigenvalue weighted by Crippen LogP contribution is -2.22. The molecular weight excluding hydrogens is 387 g/mol. The maximum absolute atomic E-state index is 6.10. The molecule has 0 atom stereocenters. The van der Waals surface area contributed by atoms with E-state index in [1.165, 1.54) is 5.56 Å². The predicted octanol–water partition coefficient (Wildman–Crippen LogP) is 4.94. The van der Waals surface area contributed by atoms with Gasteiger partial charge in [0.2, 0.25) is 0 Å². The molecule has 0 unspecified atom stereocenters. The van der Waals surface area contributed by atoms with Gasteiger partial charge in [0.05, 0.1) is 16.7 Å². The maximum atomic E-state index is 6.10. The zero-order chi connectivity index (χ0) is 18.7. The number of benzene rings is 2. The molecule has 7 heteroatoms. The van der Waals surface area contributed by atoms with E-state index in [1.54, 1.807) is 0 Å². The zero-order valence-electron chi connectivity index (χ0n) is 14.7. The van der Waals surface area contributed by atoms with Crippen molar-refractivity contribution in [1.82, 2.24) is 19.2 Å². The maximum Gasteiger partial charge on any atom is 0.198 e. The van der Waals surface area contributed by atoms with Crippen molar-refractivity contribution < 1.29 is 0 Å². The molecular formula is C19H20Cl2N4S. The van der Waals surface area contributed by atoms with Crippen LogP contribution in [0.1, 0.15) is 17.0 Å². The summed E-state index contributed by atoms with van der Waals surface area (Å²) in [7, 11) is 3.99. The highest BCUT2D eigenvalue weighted by atomic mass is 35.5. The molecule has 0 fully saturated rings. The second-order valence-electron chi connectivity index (χ2n) is 6.32. The lowest BCUT2D eigenvalue weighted by molar-refractivity contribution is 0.243. The van der Waals surface area contributed by atoms with Gasteiger partial charge in [-0.25, -0.2) is 4.68 Å². The molecule has 0 bridgehead atoms. The van der Waals surface area contributed by atoms with Crippen LogP contribution in [-0.4, -0.2) is 26.3 Å². The second kappa shape index (κ2) is 8.35. The molecule has 0 amide bonds. The summed E-state index contributed by atoms with van der Waals surface area (Å²) in [6, 6.07) is 16.0. The molecule has 0 saturated carbocycles. The number of halogens is 2. The summed E-state index contributed by atoms with van der Waals surface area (Å²) in [4.78, 5) is 2.13. The van der Waals surface area contributed by atoms with Crippen molar-refractivity contribution in [1.29, 1.82) is 0 Å². The quantitative estimate of drug-likeness (QED) is 0.542. The van der Waals surface area contributed by atoms with Crippen molar-refractivity contribution in [3.8, 4) is 0 Å². The summed E-state index contributed by atoms with van der Waals surface area (Å²) in [6.07, 6.45) is 0.754. The molecule has 1 heterocycles. The van der Waals surface area contributed by atoms with E-state index in [9.17, 15) is 0 Å². The summed E-state index contributed by atoms with van der Waals surface area (Å²) in [5.74, 6) is 0.948. The van der Waals surface area contributed by atoms with Gasteiger partial charge in [-0.05, 0) is 42.5 Å². The van der Waals surface area contributed by atoms with Crippen LogP contribution in [0.2, 0.25) is 10.0 Å². The molecule has 1 aromatic heterocycles. The van der Waals surface area contributed by atoms with Crippen molar-refractivity contribution in [2.75, 3.05) is 7.05 Å². The smallest absolute Gasteiger partial charge is 0.198 e. The fraction of sp³-hybridized carbons (Fsp3) is 0.263. The minimum Gasteiger partial charge on any atom is -0.307 e. The van der Waals surface area contributed by atoms with Crippen LogP contribution in [0.3, 0.4) is 0 Å². The fourth-order valence-electron chi connectivity index (χ4n) is 2.79. The Balaban J connectivity index is 1.72. The SMILES string of the molecule is CN(Cc1ccc(Cl)c(Cl)c1)Cn1nc(Cc2ccccc2)n(C)c1=S. The van der Waals surface area contributed by atoms with Crippen molar-refractivity contribution in [3.05, 3.63) is 80.3 Å². The first-order valence-electron chi connectivity index (χ1n) is 8.23. The van der Waals surface area contributed by atoms with Crippen LogP contribution in [0.25, 0.3) is 0 Å². The third kappa shape index (κ3) is 4.54. The molecule has 3 aromatic rings. The van der Waals surface area contributed by atoms with E-state index in [1.807, 2.05) is 59.7 Å². The molecule has 26 heavy (non-hydrogen) atoms. The van der Waals surface area contributed by atoms with E-state index in [4.69, 9.17) is 40.5 Å². The summed E-state index contributed by atoms with van der Waals surface area (Å²) in [5, 5.41) is 5.84. The van der Waals surface area contributed by atoms with E-state index in [0.717, 1.165) is 24.4 Å². The normalized spacial score (nSPS) is 11.3. The molecule has 0 aliphatic heterocycles. The molecule has 0 radical (unpaired) electrons. The van der Waals surface area contributed by atoms with Gasteiger partial charge < -0.3 is 4.57 Å². The topological polar surface area (TPSA) is 26.0 Å². The number of hydrogen-bond acceptors (Lipinski definition) is 3. The van der Waals surface area contributed by atoms with Crippen LogP contribution in [0, 0.1) is 4.77 Å². The van der Waals surface area contributed by atoms with Gasteiger partial charge in [-0.1, -0.05) is 59.6 Å². The first kappa shape index (κ1) is 19.1. The van der Waals surface area contributed by atoms with Crippen molar-refractivity contribution in [2.24, 2.45) is 7.05 Å². The summed E-state index contributed by atoms with van der Waals surface area (Å²) in [5.41, 5.74) is 2.31. The largest absolute Gasteiger partial charge is 0.307 e. The molecule has 3 rings (SSSR count). The Morgan fingerprint density at radius 1 is 1.04 bits per heavy atom. The van der Waals surface area contributed by atoms with E-state index in [-0.39, 0.29) is 0 Å². The lowest BCUT2D eigenvalue weighted by atomic mass is 10.1. The average Bonchev–Trinajstić information content (AvgIpc) is 2.87. The van der Waals surface area contributed by atoms with Crippen LogP contribution >= 0.6 is 35.4 Å². The van der Waals surface area contributed by atoms with Crippen LogP contribution in [-0.2, 0) is 26.7 Å². The molecule has 136 valence electrons. The Bertz CT molecular complexity index is 950. The number of nitrogens with zero attached hydrogens (tertiary/aromatic N) is 4.